The number of benzene rings is 2. The molecule has 4 heteroatoms. The number of halogens is 1. The number of nitrogens with one attached hydrogen (secondary N) is 1. The van der Waals surface area contributed by atoms with Crippen LogP contribution in [0.4, 0.5) is 11.5 Å². The van der Waals surface area contributed by atoms with Crippen molar-refractivity contribution in [1.82, 2.24) is 9.97 Å². The molecular weight excluding hydrogens is 294 g/mol. The van der Waals surface area contributed by atoms with E-state index in [2.05, 4.69) is 41.3 Å². The van der Waals surface area contributed by atoms with Gasteiger partial charge >= 0.3 is 0 Å². The van der Waals surface area contributed by atoms with Crippen LogP contribution in [0.25, 0.3) is 11.4 Å². The third-order valence-electron chi connectivity index (χ3n) is 3.37. The van der Waals surface area contributed by atoms with Gasteiger partial charge in [-0.3, -0.25) is 0 Å². The molecule has 0 aliphatic carbocycles. The van der Waals surface area contributed by atoms with Crippen LogP contribution in [0.2, 0.25) is 5.15 Å². The Morgan fingerprint density at radius 1 is 0.909 bits per heavy atom. The van der Waals surface area contributed by atoms with Crippen LogP contribution in [0.1, 0.15) is 11.1 Å². The molecule has 2 aromatic carbocycles. The second-order valence-electron chi connectivity index (χ2n) is 5.21. The molecule has 1 heterocycles. The third-order valence-corrected chi connectivity index (χ3v) is 3.57. The zero-order valence-corrected chi connectivity index (χ0v) is 13.2. The molecule has 0 unspecified atom stereocenters. The zero-order chi connectivity index (χ0) is 15.5. The summed E-state index contributed by atoms with van der Waals surface area (Å²) in [6.45, 7) is 4.14. The Labute approximate surface area is 135 Å². The summed E-state index contributed by atoms with van der Waals surface area (Å²) in [6, 6.07) is 17.8. The molecule has 0 spiro atoms. The summed E-state index contributed by atoms with van der Waals surface area (Å²) in [5.41, 5.74) is 4.35. The number of aryl methyl sites for hydroxylation is 2. The Hall–Kier alpha value is -2.39. The van der Waals surface area contributed by atoms with Crippen LogP contribution in [0.15, 0.2) is 54.6 Å². The van der Waals surface area contributed by atoms with Crippen molar-refractivity contribution >= 4 is 23.1 Å². The Bertz CT molecular complexity index is 801. The van der Waals surface area contributed by atoms with Gasteiger partial charge in [0.15, 0.2) is 5.82 Å². The van der Waals surface area contributed by atoms with Gasteiger partial charge in [0.05, 0.1) is 0 Å². The molecule has 1 aromatic heterocycles. The minimum absolute atomic E-state index is 0.418. The van der Waals surface area contributed by atoms with E-state index in [1.807, 2.05) is 36.4 Å². The van der Waals surface area contributed by atoms with Crippen molar-refractivity contribution in [2.75, 3.05) is 5.32 Å². The van der Waals surface area contributed by atoms with Gasteiger partial charge in [-0.15, -0.1) is 0 Å². The molecule has 3 nitrogen and oxygen atoms in total. The van der Waals surface area contributed by atoms with Crippen LogP contribution in [0.5, 0.6) is 0 Å². The molecule has 0 radical (unpaired) electrons. The highest BCUT2D eigenvalue weighted by Gasteiger charge is 2.07. The maximum atomic E-state index is 6.14. The molecule has 3 rings (SSSR count). The molecule has 0 atom stereocenters. The Morgan fingerprint density at radius 3 is 2.41 bits per heavy atom. The van der Waals surface area contributed by atoms with Crippen molar-refractivity contribution in [3.05, 3.63) is 70.9 Å². The second kappa shape index (κ2) is 6.16. The molecular formula is C18H16ClN3. The van der Waals surface area contributed by atoms with Gasteiger partial charge in [-0.2, -0.15) is 0 Å². The monoisotopic (exact) mass is 309 g/mol. The highest BCUT2D eigenvalue weighted by Crippen LogP contribution is 2.24. The molecule has 0 saturated heterocycles. The van der Waals surface area contributed by atoms with Gasteiger partial charge in [0.2, 0.25) is 0 Å². The molecule has 0 aliphatic heterocycles. The van der Waals surface area contributed by atoms with E-state index >= 15 is 0 Å². The summed E-state index contributed by atoms with van der Waals surface area (Å²) in [5.74, 6) is 1.30. The van der Waals surface area contributed by atoms with Gasteiger partial charge in [0, 0.05) is 17.3 Å². The lowest BCUT2D eigenvalue weighted by Gasteiger charge is -2.11. The predicted molar refractivity (Wildman–Crippen MR) is 91.7 cm³/mol. The lowest BCUT2D eigenvalue weighted by molar-refractivity contribution is 1.17. The van der Waals surface area contributed by atoms with Crippen LogP contribution < -0.4 is 5.32 Å². The summed E-state index contributed by atoms with van der Waals surface area (Å²) in [5, 5.41) is 3.73. The lowest BCUT2D eigenvalue weighted by atomic mass is 10.1. The van der Waals surface area contributed by atoms with Crippen molar-refractivity contribution in [2.45, 2.75) is 13.8 Å². The highest BCUT2D eigenvalue weighted by molar-refractivity contribution is 6.29. The average Bonchev–Trinajstić information content (AvgIpc) is 2.50. The van der Waals surface area contributed by atoms with Crippen LogP contribution in [-0.2, 0) is 0 Å². The van der Waals surface area contributed by atoms with Gasteiger partial charge in [0.1, 0.15) is 11.0 Å². The number of hydrogen-bond donors (Lipinski definition) is 1. The van der Waals surface area contributed by atoms with Gasteiger partial charge in [-0.25, -0.2) is 9.97 Å². The maximum Gasteiger partial charge on any atom is 0.163 e. The molecule has 0 fully saturated rings. The van der Waals surface area contributed by atoms with E-state index in [9.17, 15) is 0 Å². The summed E-state index contributed by atoms with van der Waals surface area (Å²) in [7, 11) is 0. The number of aromatic nitrogens is 2. The average molecular weight is 310 g/mol. The highest BCUT2D eigenvalue weighted by atomic mass is 35.5. The maximum absolute atomic E-state index is 6.14. The summed E-state index contributed by atoms with van der Waals surface area (Å²) in [6.07, 6.45) is 0. The van der Waals surface area contributed by atoms with Gasteiger partial charge in [-0.05, 0) is 25.5 Å². The van der Waals surface area contributed by atoms with E-state index in [1.165, 1.54) is 5.56 Å². The Morgan fingerprint density at radius 2 is 1.68 bits per heavy atom. The Balaban J connectivity index is 1.96. The van der Waals surface area contributed by atoms with E-state index in [-0.39, 0.29) is 0 Å². The smallest absolute Gasteiger partial charge is 0.163 e. The normalized spacial score (nSPS) is 10.5. The molecule has 22 heavy (non-hydrogen) atoms. The van der Waals surface area contributed by atoms with Crippen LogP contribution in [0.3, 0.4) is 0 Å². The molecule has 1 N–H and O–H groups in total. The zero-order valence-electron chi connectivity index (χ0n) is 12.5. The number of hydrogen-bond acceptors (Lipinski definition) is 3. The summed E-state index contributed by atoms with van der Waals surface area (Å²) in [4.78, 5) is 8.85. The van der Waals surface area contributed by atoms with E-state index < -0.39 is 0 Å². The fourth-order valence-electron chi connectivity index (χ4n) is 2.29. The first-order valence-corrected chi connectivity index (χ1v) is 7.44. The van der Waals surface area contributed by atoms with Crippen LogP contribution in [0, 0.1) is 13.8 Å². The van der Waals surface area contributed by atoms with E-state index in [1.54, 1.807) is 6.07 Å². The van der Waals surface area contributed by atoms with Gasteiger partial charge in [-0.1, -0.05) is 59.6 Å². The third kappa shape index (κ3) is 3.26. The second-order valence-corrected chi connectivity index (χ2v) is 5.60. The molecule has 3 aromatic rings. The quantitative estimate of drug-likeness (QED) is 0.679. The van der Waals surface area contributed by atoms with Gasteiger partial charge in [0.25, 0.3) is 0 Å². The lowest BCUT2D eigenvalue weighted by Crippen LogP contribution is -1.99. The minimum atomic E-state index is 0.418. The van der Waals surface area contributed by atoms with Crippen molar-refractivity contribution in [2.24, 2.45) is 0 Å². The van der Waals surface area contributed by atoms with E-state index in [4.69, 9.17) is 11.6 Å². The summed E-state index contributed by atoms with van der Waals surface area (Å²) >= 11 is 6.14. The molecule has 0 aliphatic rings. The van der Waals surface area contributed by atoms with E-state index in [0.717, 1.165) is 16.8 Å². The number of rotatable bonds is 3. The van der Waals surface area contributed by atoms with Crippen molar-refractivity contribution in [3.8, 4) is 11.4 Å². The van der Waals surface area contributed by atoms with Crippen LogP contribution in [-0.4, -0.2) is 9.97 Å². The topological polar surface area (TPSA) is 37.8 Å². The standard InChI is InChI=1S/C18H16ClN3/c1-12-8-9-15(13(2)10-12)20-17-11-16(19)21-18(22-17)14-6-4-3-5-7-14/h3-11H,1-2H3,(H,20,21,22). The molecule has 0 amide bonds. The first-order chi connectivity index (χ1) is 10.6. The molecule has 0 saturated carbocycles. The first-order valence-electron chi connectivity index (χ1n) is 7.06. The van der Waals surface area contributed by atoms with Crippen molar-refractivity contribution in [1.29, 1.82) is 0 Å². The van der Waals surface area contributed by atoms with E-state index in [0.29, 0.717) is 16.8 Å². The van der Waals surface area contributed by atoms with Crippen molar-refractivity contribution < 1.29 is 0 Å². The number of anilines is 2. The molecule has 110 valence electrons. The SMILES string of the molecule is Cc1ccc(Nc2cc(Cl)nc(-c3ccccc3)n2)c(C)c1. The largest absolute Gasteiger partial charge is 0.340 e. The first kappa shape index (κ1) is 14.5. The fraction of sp³-hybridized carbons (Fsp3) is 0.111. The predicted octanol–water partition coefficient (Wildman–Crippen LogP) is 5.16. The molecule has 0 bridgehead atoms. The summed E-state index contributed by atoms with van der Waals surface area (Å²) < 4.78 is 0. The van der Waals surface area contributed by atoms with Crippen molar-refractivity contribution in [3.63, 3.8) is 0 Å². The minimum Gasteiger partial charge on any atom is -0.340 e. The number of nitrogens with zero attached hydrogens (tertiary/aromatic N) is 2. The van der Waals surface area contributed by atoms with Crippen LogP contribution >= 0.6 is 11.6 Å². The van der Waals surface area contributed by atoms with Gasteiger partial charge < -0.3 is 5.32 Å². The Kier molecular flexibility index (Phi) is 4.07. The fourth-order valence-corrected chi connectivity index (χ4v) is 2.47.